The van der Waals surface area contributed by atoms with E-state index in [4.69, 9.17) is 11.6 Å². The molecule has 0 bridgehead atoms. The molecule has 36 heavy (non-hydrogen) atoms. The highest BCUT2D eigenvalue weighted by Crippen LogP contribution is 2.29. The number of nitrogens with one attached hydrogen (secondary N) is 2. The zero-order valence-corrected chi connectivity index (χ0v) is 19.8. The summed E-state index contributed by atoms with van der Waals surface area (Å²) < 4.78 is 1.27. The van der Waals surface area contributed by atoms with E-state index >= 15 is 0 Å². The SMILES string of the molecule is O=C(Nc1cc(-c2cccs2)nn1-c1nc(-c2ccccc2)cc(=O)[nH]1)c1cc(Cl)ccc1[N+](=O)[O-]. The maximum absolute atomic E-state index is 13.1. The van der Waals surface area contributed by atoms with Gasteiger partial charge < -0.3 is 5.32 Å². The predicted octanol–water partition coefficient (Wildman–Crippen LogP) is 5.17. The van der Waals surface area contributed by atoms with Crippen LogP contribution in [0.3, 0.4) is 0 Å². The number of carbonyl (C=O) groups is 1. The minimum Gasteiger partial charge on any atom is -0.306 e. The van der Waals surface area contributed by atoms with Crippen LogP contribution in [0.4, 0.5) is 11.5 Å². The van der Waals surface area contributed by atoms with Crippen LogP contribution in [0.5, 0.6) is 0 Å². The van der Waals surface area contributed by atoms with E-state index in [0.29, 0.717) is 11.4 Å². The number of amides is 1. The Kier molecular flexibility index (Phi) is 6.15. The number of benzene rings is 2. The number of H-pyrrole nitrogens is 1. The second-order valence-electron chi connectivity index (χ2n) is 7.50. The lowest BCUT2D eigenvalue weighted by Crippen LogP contribution is -2.19. The number of nitrogens with zero attached hydrogens (tertiary/aromatic N) is 4. The zero-order chi connectivity index (χ0) is 25.2. The van der Waals surface area contributed by atoms with Gasteiger partial charge in [-0.25, -0.2) is 4.98 Å². The molecule has 0 aliphatic rings. The van der Waals surface area contributed by atoms with Crippen molar-refractivity contribution < 1.29 is 9.72 Å². The Morgan fingerprint density at radius 2 is 1.86 bits per heavy atom. The molecule has 1 amide bonds. The van der Waals surface area contributed by atoms with E-state index in [1.807, 2.05) is 47.8 Å². The summed E-state index contributed by atoms with van der Waals surface area (Å²) in [5, 5.41) is 20.7. The Bertz CT molecular complexity index is 1650. The van der Waals surface area contributed by atoms with E-state index in [1.54, 1.807) is 6.07 Å². The molecular formula is C24H15ClN6O4S. The van der Waals surface area contributed by atoms with Crippen LogP contribution in [0.15, 0.2) is 83.0 Å². The second-order valence-corrected chi connectivity index (χ2v) is 8.88. The molecule has 3 aromatic heterocycles. The van der Waals surface area contributed by atoms with Gasteiger partial charge in [0.05, 0.1) is 15.5 Å². The number of carbonyl (C=O) groups excluding carboxylic acids is 1. The molecular weight excluding hydrogens is 504 g/mol. The number of aromatic amines is 1. The first kappa shape index (κ1) is 23.1. The minimum absolute atomic E-state index is 0.0556. The molecule has 12 heteroatoms. The number of aromatic nitrogens is 4. The van der Waals surface area contributed by atoms with Gasteiger partial charge in [0.15, 0.2) is 0 Å². The lowest BCUT2D eigenvalue weighted by Gasteiger charge is -2.10. The highest BCUT2D eigenvalue weighted by Gasteiger charge is 2.23. The standard InChI is InChI=1S/C24H15ClN6O4S/c25-15-8-9-19(31(34)35)16(11-15)23(33)27-21-12-18(20-7-4-10-36-20)29-30(21)24-26-17(13-22(32)28-24)14-5-2-1-3-6-14/h1-13H,(H,27,33)(H,26,28,32). The molecule has 5 rings (SSSR count). The van der Waals surface area contributed by atoms with Gasteiger partial charge in [-0.1, -0.05) is 48.0 Å². The van der Waals surface area contributed by atoms with Crippen LogP contribution < -0.4 is 10.9 Å². The lowest BCUT2D eigenvalue weighted by molar-refractivity contribution is -0.385. The van der Waals surface area contributed by atoms with Gasteiger partial charge in [-0.05, 0) is 23.6 Å². The molecule has 5 aromatic rings. The van der Waals surface area contributed by atoms with Crippen molar-refractivity contribution in [2.24, 2.45) is 0 Å². The second kappa shape index (κ2) is 9.56. The van der Waals surface area contributed by atoms with Gasteiger partial charge in [0.1, 0.15) is 17.1 Å². The molecule has 3 heterocycles. The Balaban J connectivity index is 1.62. The number of halogens is 1. The summed E-state index contributed by atoms with van der Waals surface area (Å²) >= 11 is 7.42. The van der Waals surface area contributed by atoms with Gasteiger partial charge in [0.25, 0.3) is 17.2 Å². The summed E-state index contributed by atoms with van der Waals surface area (Å²) in [4.78, 5) is 44.4. The van der Waals surface area contributed by atoms with E-state index in [2.05, 4.69) is 20.4 Å². The summed E-state index contributed by atoms with van der Waals surface area (Å²) in [5.41, 5.74) is 0.584. The topological polar surface area (TPSA) is 136 Å². The van der Waals surface area contributed by atoms with Crippen LogP contribution in [-0.2, 0) is 0 Å². The monoisotopic (exact) mass is 518 g/mol. The molecule has 0 fully saturated rings. The van der Waals surface area contributed by atoms with Gasteiger partial charge in [-0.3, -0.25) is 24.7 Å². The summed E-state index contributed by atoms with van der Waals surface area (Å²) in [6.45, 7) is 0. The molecule has 0 saturated heterocycles. The molecule has 0 spiro atoms. The van der Waals surface area contributed by atoms with E-state index in [9.17, 15) is 19.7 Å². The molecule has 0 atom stereocenters. The molecule has 0 radical (unpaired) electrons. The zero-order valence-electron chi connectivity index (χ0n) is 18.2. The average molecular weight is 519 g/mol. The molecule has 2 aromatic carbocycles. The molecule has 10 nitrogen and oxygen atoms in total. The van der Waals surface area contributed by atoms with Crippen LogP contribution in [0, 0.1) is 10.1 Å². The van der Waals surface area contributed by atoms with Crippen molar-refractivity contribution in [1.29, 1.82) is 0 Å². The predicted molar refractivity (Wildman–Crippen MR) is 137 cm³/mol. The minimum atomic E-state index is -0.773. The van der Waals surface area contributed by atoms with Crippen LogP contribution >= 0.6 is 22.9 Å². The maximum Gasteiger partial charge on any atom is 0.282 e. The fraction of sp³-hybridized carbons (Fsp3) is 0. The number of thiophene rings is 1. The van der Waals surface area contributed by atoms with Gasteiger partial charge in [-0.15, -0.1) is 11.3 Å². The molecule has 0 aliphatic carbocycles. The number of nitro groups is 1. The highest BCUT2D eigenvalue weighted by atomic mass is 35.5. The quantitative estimate of drug-likeness (QED) is 0.235. The van der Waals surface area contributed by atoms with Crippen molar-refractivity contribution >= 4 is 40.4 Å². The largest absolute Gasteiger partial charge is 0.306 e. The third kappa shape index (κ3) is 4.65. The maximum atomic E-state index is 13.1. The van der Waals surface area contributed by atoms with Gasteiger partial charge >= 0.3 is 0 Å². The van der Waals surface area contributed by atoms with E-state index < -0.39 is 22.1 Å². The Hall–Kier alpha value is -4.61. The number of anilines is 1. The van der Waals surface area contributed by atoms with Gasteiger partial charge in [-0.2, -0.15) is 9.78 Å². The number of hydrogen-bond donors (Lipinski definition) is 2. The summed E-state index contributed by atoms with van der Waals surface area (Å²) in [6, 6.07) is 19.5. The number of nitro benzene ring substituents is 1. The van der Waals surface area contributed by atoms with Crippen molar-refractivity contribution in [2.45, 2.75) is 0 Å². The number of rotatable bonds is 6. The van der Waals surface area contributed by atoms with Crippen molar-refractivity contribution in [1.82, 2.24) is 19.7 Å². The lowest BCUT2D eigenvalue weighted by atomic mass is 10.1. The Labute approximate surface area is 212 Å². The first-order chi connectivity index (χ1) is 17.4. The van der Waals surface area contributed by atoms with Crippen LogP contribution in [0.1, 0.15) is 10.4 Å². The van der Waals surface area contributed by atoms with Crippen molar-refractivity contribution in [3.63, 3.8) is 0 Å². The van der Waals surface area contributed by atoms with Crippen LogP contribution in [0.2, 0.25) is 5.02 Å². The Morgan fingerprint density at radius 3 is 2.58 bits per heavy atom. The third-order valence-electron chi connectivity index (χ3n) is 5.12. The first-order valence-electron chi connectivity index (χ1n) is 10.5. The first-order valence-corrected chi connectivity index (χ1v) is 11.7. The normalized spacial score (nSPS) is 10.8. The van der Waals surface area contributed by atoms with E-state index in [1.165, 1.54) is 34.2 Å². The molecule has 0 unspecified atom stereocenters. The molecule has 0 aliphatic heterocycles. The average Bonchev–Trinajstić information content (AvgIpc) is 3.54. The summed E-state index contributed by atoms with van der Waals surface area (Å²) in [5.74, 6) is -0.573. The summed E-state index contributed by atoms with van der Waals surface area (Å²) in [6.07, 6.45) is 0. The van der Waals surface area contributed by atoms with Crippen LogP contribution in [-0.4, -0.2) is 30.6 Å². The van der Waals surface area contributed by atoms with Crippen molar-refractivity contribution in [3.8, 4) is 27.8 Å². The highest BCUT2D eigenvalue weighted by molar-refractivity contribution is 7.13. The van der Waals surface area contributed by atoms with Crippen LogP contribution in [0.25, 0.3) is 27.8 Å². The fourth-order valence-corrected chi connectivity index (χ4v) is 4.36. The molecule has 178 valence electrons. The Morgan fingerprint density at radius 1 is 1.06 bits per heavy atom. The van der Waals surface area contributed by atoms with Crippen molar-refractivity contribution in [3.05, 3.63) is 109 Å². The number of hydrogen-bond acceptors (Lipinski definition) is 7. The van der Waals surface area contributed by atoms with E-state index in [0.717, 1.165) is 16.5 Å². The smallest absolute Gasteiger partial charge is 0.282 e. The summed E-state index contributed by atoms with van der Waals surface area (Å²) in [7, 11) is 0. The van der Waals surface area contributed by atoms with Gasteiger partial charge in [0, 0.05) is 28.8 Å². The van der Waals surface area contributed by atoms with E-state index in [-0.39, 0.29) is 22.4 Å². The van der Waals surface area contributed by atoms with Gasteiger partial charge in [0.2, 0.25) is 5.95 Å². The van der Waals surface area contributed by atoms with Crippen molar-refractivity contribution in [2.75, 3.05) is 5.32 Å². The third-order valence-corrected chi connectivity index (χ3v) is 6.25. The molecule has 0 saturated carbocycles. The molecule has 2 N–H and O–H groups in total. The fourth-order valence-electron chi connectivity index (χ4n) is 3.51.